The lowest BCUT2D eigenvalue weighted by Gasteiger charge is -2.04. The molecule has 0 aliphatic heterocycles. The Hall–Kier alpha value is -2.10. The van der Waals surface area contributed by atoms with E-state index in [2.05, 4.69) is 6.92 Å². The van der Waals surface area contributed by atoms with Gasteiger partial charge in [0.25, 0.3) is 0 Å². The van der Waals surface area contributed by atoms with Crippen molar-refractivity contribution in [2.75, 3.05) is 13.2 Å². The number of esters is 2. The van der Waals surface area contributed by atoms with Crippen molar-refractivity contribution in [2.24, 2.45) is 0 Å². The molecule has 0 unspecified atom stereocenters. The molecule has 0 saturated heterocycles. The van der Waals surface area contributed by atoms with E-state index in [0.717, 1.165) is 24.8 Å². The highest BCUT2D eigenvalue weighted by atomic mass is 16.5. The summed E-state index contributed by atoms with van der Waals surface area (Å²) in [7, 11) is 0. The van der Waals surface area contributed by atoms with Crippen molar-refractivity contribution in [3.05, 3.63) is 42.0 Å². The van der Waals surface area contributed by atoms with Gasteiger partial charge in [0.15, 0.2) is 0 Å². The van der Waals surface area contributed by atoms with Crippen LogP contribution in [0, 0.1) is 0 Å². The molecule has 0 bridgehead atoms. The van der Waals surface area contributed by atoms with Gasteiger partial charge in [-0.1, -0.05) is 56.2 Å². The predicted octanol–water partition coefficient (Wildman–Crippen LogP) is 4.15. The van der Waals surface area contributed by atoms with Gasteiger partial charge in [-0.05, 0) is 24.5 Å². The van der Waals surface area contributed by atoms with Crippen LogP contribution < -0.4 is 0 Å². The quantitative estimate of drug-likeness (QED) is 0.454. The van der Waals surface area contributed by atoms with Gasteiger partial charge in [-0.2, -0.15) is 0 Å². The second-order valence-corrected chi connectivity index (χ2v) is 5.28. The molecule has 0 aliphatic rings. The van der Waals surface area contributed by atoms with E-state index in [1.165, 1.54) is 0 Å². The van der Waals surface area contributed by atoms with E-state index in [4.69, 9.17) is 9.47 Å². The number of ether oxygens (including phenoxy) is 2. The number of benzene rings is 1. The Kier molecular flexibility index (Phi) is 10.3. The number of carbonyl (C=O) groups excluding carboxylic acids is 2. The first-order valence-corrected chi connectivity index (χ1v) is 8.25. The first-order chi connectivity index (χ1) is 11.2. The molecule has 4 heteroatoms. The second kappa shape index (κ2) is 12.4. The molecular weight excluding hydrogens is 292 g/mol. The SMILES string of the molecule is CCCCCOC(=O)CCCC(=O)OC/C=C/c1ccccc1. The van der Waals surface area contributed by atoms with Crippen LogP contribution in [0.1, 0.15) is 51.0 Å². The van der Waals surface area contributed by atoms with Crippen molar-refractivity contribution in [3.8, 4) is 0 Å². The normalized spacial score (nSPS) is 10.7. The molecule has 0 atom stereocenters. The van der Waals surface area contributed by atoms with Crippen LogP contribution >= 0.6 is 0 Å². The minimum atomic E-state index is -0.290. The minimum Gasteiger partial charge on any atom is -0.466 e. The highest BCUT2D eigenvalue weighted by molar-refractivity contribution is 5.72. The number of rotatable bonds is 11. The first-order valence-electron chi connectivity index (χ1n) is 8.25. The third-order valence-electron chi connectivity index (χ3n) is 3.22. The van der Waals surface area contributed by atoms with Crippen molar-refractivity contribution in [2.45, 2.75) is 45.4 Å². The first kappa shape index (κ1) is 18.9. The van der Waals surface area contributed by atoms with Gasteiger partial charge in [0.05, 0.1) is 6.61 Å². The van der Waals surface area contributed by atoms with Crippen LogP contribution in [0.15, 0.2) is 36.4 Å². The molecule has 4 nitrogen and oxygen atoms in total. The van der Waals surface area contributed by atoms with E-state index in [1.54, 1.807) is 6.08 Å². The zero-order valence-corrected chi connectivity index (χ0v) is 13.8. The topological polar surface area (TPSA) is 52.6 Å². The van der Waals surface area contributed by atoms with Crippen molar-refractivity contribution < 1.29 is 19.1 Å². The third kappa shape index (κ3) is 10.3. The van der Waals surface area contributed by atoms with E-state index >= 15 is 0 Å². The smallest absolute Gasteiger partial charge is 0.306 e. The van der Waals surface area contributed by atoms with Crippen LogP contribution in [0.25, 0.3) is 6.08 Å². The molecule has 0 aromatic heterocycles. The molecule has 0 N–H and O–H groups in total. The minimum absolute atomic E-state index is 0.238. The largest absolute Gasteiger partial charge is 0.466 e. The lowest BCUT2D eigenvalue weighted by atomic mass is 10.2. The van der Waals surface area contributed by atoms with Crippen LogP contribution in [0.2, 0.25) is 0 Å². The second-order valence-electron chi connectivity index (χ2n) is 5.28. The van der Waals surface area contributed by atoms with Crippen LogP contribution in [0.4, 0.5) is 0 Å². The maximum atomic E-state index is 11.5. The summed E-state index contributed by atoms with van der Waals surface area (Å²) in [6, 6.07) is 9.81. The summed E-state index contributed by atoms with van der Waals surface area (Å²) in [5.41, 5.74) is 1.06. The van der Waals surface area contributed by atoms with E-state index in [-0.39, 0.29) is 31.4 Å². The summed E-state index contributed by atoms with van der Waals surface area (Å²) in [5, 5.41) is 0. The molecule has 0 radical (unpaired) electrons. The average Bonchev–Trinajstić information content (AvgIpc) is 2.56. The van der Waals surface area contributed by atoms with Gasteiger partial charge in [-0.3, -0.25) is 9.59 Å². The Morgan fingerprint density at radius 2 is 1.65 bits per heavy atom. The van der Waals surface area contributed by atoms with Crippen molar-refractivity contribution in [1.82, 2.24) is 0 Å². The molecule has 0 spiro atoms. The van der Waals surface area contributed by atoms with Gasteiger partial charge in [-0.15, -0.1) is 0 Å². The number of hydrogen-bond donors (Lipinski definition) is 0. The molecule has 0 saturated carbocycles. The van der Waals surface area contributed by atoms with Crippen LogP contribution in [0.5, 0.6) is 0 Å². The Morgan fingerprint density at radius 3 is 2.35 bits per heavy atom. The van der Waals surface area contributed by atoms with E-state index in [0.29, 0.717) is 13.0 Å². The monoisotopic (exact) mass is 318 g/mol. The number of carbonyl (C=O) groups is 2. The van der Waals surface area contributed by atoms with Crippen LogP contribution in [0.3, 0.4) is 0 Å². The molecule has 23 heavy (non-hydrogen) atoms. The molecule has 0 heterocycles. The lowest BCUT2D eigenvalue weighted by Crippen LogP contribution is -2.08. The summed E-state index contributed by atoms with van der Waals surface area (Å²) in [5.74, 6) is -0.528. The molecule has 1 aromatic carbocycles. The van der Waals surface area contributed by atoms with E-state index < -0.39 is 0 Å². The van der Waals surface area contributed by atoms with Crippen molar-refractivity contribution in [3.63, 3.8) is 0 Å². The van der Waals surface area contributed by atoms with E-state index in [1.807, 2.05) is 36.4 Å². The van der Waals surface area contributed by atoms with Gasteiger partial charge >= 0.3 is 11.9 Å². The third-order valence-corrected chi connectivity index (χ3v) is 3.22. The van der Waals surface area contributed by atoms with Crippen molar-refractivity contribution in [1.29, 1.82) is 0 Å². The standard InChI is InChI=1S/C19H26O4/c1-2-3-7-15-22-18(20)13-8-14-19(21)23-16-9-12-17-10-5-4-6-11-17/h4-6,9-12H,2-3,7-8,13-16H2,1H3/b12-9+. The summed E-state index contributed by atoms with van der Waals surface area (Å²) in [6.07, 6.45) is 7.74. The summed E-state index contributed by atoms with van der Waals surface area (Å²) in [4.78, 5) is 22.9. The predicted molar refractivity (Wildman–Crippen MR) is 90.8 cm³/mol. The highest BCUT2D eigenvalue weighted by Gasteiger charge is 2.06. The molecule has 0 fully saturated rings. The van der Waals surface area contributed by atoms with Gasteiger partial charge in [0, 0.05) is 12.8 Å². The maximum Gasteiger partial charge on any atom is 0.306 e. The maximum absolute atomic E-state index is 11.5. The molecule has 0 amide bonds. The lowest BCUT2D eigenvalue weighted by molar-refractivity contribution is -0.145. The number of hydrogen-bond acceptors (Lipinski definition) is 4. The fourth-order valence-electron chi connectivity index (χ4n) is 1.95. The summed E-state index contributed by atoms with van der Waals surface area (Å²) < 4.78 is 10.2. The number of unbranched alkanes of at least 4 members (excludes halogenated alkanes) is 2. The molecule has 1 rings (SSSR count). The molecule has 1 aromatic rings. The molecular formula is C19H26O4. The van der Waals surface area contributed by atoms with Gasteiger partial charge in [-0.25, -0.2) is 0 Å². The average molecular weight is 318 g/mol. The molecule has 126 valence electrons. The van der Waals surface area contributed by atoms with Crippen LogP contribution in [-0.2, 0) is 19.1 Å². The fourth-order valence-corrected chi connectivity index (χ4v) is 1.95. The van der Waals surface area contributed by atoms with E-state index in [9.17, 15) is 9.59 Å². The summed E-state index contributed by atoms with van der Waals surface area (Å²) in [6.45, 7) is 2.82. The Balaban J connectivity index is 2.04. The zero-order chi connectivity index (χ0) is 16.8. The van der Waals surface area contributed by atoms with Crippen LogP contribution in [-0.4, -0.2) is 25.2 Å². The summed E-state index contributed by atoms with van der Waals surface area (Å²) >= 11 is 0. The van der Waals surface area contributed by atoms with Crippen molar-refractivity contribution >= 4 is 18.0 Å². The Bertz CT molecular complexity index is 479. The van der Waals surface area contributed by atoms with Gasteiger partial charge < -0.3 is 9.47 Å². The fraction of sp³-hybridized carbons (Fsp3) is 0.474. The highest BCUT2D eigenvalue weighted by Crippen LogP contribution is 2.03. The molecule has 0 aliphatic carbocycles. The Morgan fingerprint density at radius 1 is 0.957 bits per heavy atom. The zero-order valence-electron chi connectivity index (χ0n) is 13.8. The Labute approximate surface area is 138 Å². The van der Waals surface area contributed by atoms with Gasteiger partial charge in [0.2, 0.25) is 0 Å². The van der Waals surface area contributed by atoms with Gasteiger partial charge in [0.1, 0.15) is 6.61 Å².